The lowest BCUT2D eigenvalue weighted by atomic mass is 10.2. The molecule has 2 aromatic rings. The molecule has 3 nitrogen and oxygen atoms in total. The molecule has 0 radical (unpaired) electrons. The number of ether oxygens (including phenoxy) is 1. The maximum absolute atomic E-state index is 13.3. The molecule has 0 saturated carbocycles. The van der Waals surface area contributed by atoms with Crippen LogP contribution >= 0.6 is 0 Å². The van der Waals surface area contributed by atoms with Gasteiger partial charge < -0.3 is 9.64 Å². The first-order chi connectivity index (χ1) is 11.5. The molecule has 2 rings (SSSR count). The number of aryl methyl sites for hydroxylation is 1. The molecule has 0 aliphatic carbocycles. The number of benzene rings is 2. The van der Waals surface area contributed by atoms with Crippen LogP contribution in [0.2, 0.25) is 0 Å². The zero-order valence-corrected chi connectivity index (χ0v) is 13.9. The van der Waals surface area contributed by atoms with Crippen molar-refractivity contribution in [2.24, 2.45) is 0 Å². The van der Waals surface area contributed by atoms with Crippen molar-refractivity contribution in [3.8, 4) is 5.75 Å². The van der Waals surface area contributed by atoms with Crippen molar-refractivity contribution in [3.63, 3.8) is 0 Å². The maximum Gasteiger partial charge on any atom is 0.227 e. The molecule has 0 saturated heterocycles. The molecule has 2 aromatic carbocycles. The Kier molecular flexibility index (Phi) is 6.29. The fraction of sp³-hybridized carbons (Fsp3) is 0.316. The summed E-state index contributed by atoms with van der Waals surface area (Å²) >= 11 is 0. The normalized spacial score (nSPS) is 10.5. The first-order valence-electron chi connectivity index (χ1n) is 7.96. The van der Waals surface area contributed by atoms with Crippen LogP contribution in [0.15, 0.2) is 42.5 Å². The topological polar surface area (TPSA) is 29.5 Å². The third-order valence-electron chi connectivity index (χ3n) is 3.72. The average molecular weight is 333 g/mol. The molecule has 0 spiro atoms. The highest BCUT2D eigenvalue weighted by molar-refractivity contribution is 5.93. The molecular formula is C19H21F2NO2. The zero-order valence-electron chi connectivity index (χ0n) is 13.9. The number of carbonyl (C=O) groups excluding carboxylic acids is 1. The van der Waals surface area contributed by atoms with E-state index in [1.54, 1.807) is 6.92 Å². The van der Waals surface area contributed by atoms with Gasteiger partial charge in [0.05, 0.1) is 6.61 Å². The molecule has 0 fully saturated rings. The molecule has 0 heterocycles. The second-order valence-electron chi connectivity index (χ2n) is 5.45. The van der Waals surface area contributed by atoms with E-state index in [2.05, 4.69) is 0 Å². The molecule has 24 heavy (non-hydrogen) atoms. The van der Waals surface area contributed by atoms with Crippen molar-refractivity contribution in [2.45, 2.75) is 26.7 Å². The van der Waals surface area contributed by atoms with Gasteiger partial charge in [-0.05, 0) is 44.0 Å². The van der Waals surface area contributed by atoms with Crippen molar-refractivity contribution in [1.29, 1.82) is 0 Å². The van der Waals surface area contributed by atoms with Crippen molar-refractivity contribution >= 4 is 11.6 Å². The van der Waals surface area contributed by atoms with E-state index in [0.717, 1.165) is 23.4 Å². The van der Waals surface area contributed by atoms with Crippen LogP contribution in [0.5, 0.6) is 5.75 Å². The largest absolute Gasteiger partial charge is 0.493 e. The van der Waals surface area contributed by atoms with Gasteiger partial charge in [-0.2, -0.15) is 0 Å². The van der Waals surface area contributed by atoms with Gasteiger partial charge in [0.25, 0.3) is 0 Å². The summed E-state index contributed by atoms with van der Waals surface area (Å²) in [5, 5.41) is 0. The Balaban J connectivity index is 1.88. The number of nitrogens with zero attached hydrogens (tertiary/aromatic N) is 1. The lowest BCUT2D eigenvalue weighted by molar-refractivity contribution is -0.118. The van der Waals surface area contributed by atoms with E-state index in [-0.39, 0.29) is 12.3 Å². The van der Waals surface area contributed by atoms with Crippen LogP contribution < -0.4 is 9.64 Å². The second-order valence-corrected chi connectivity index (χ2v) is 5.45. The molecule has 0 bridgehead atoms. The fourth-order valence-corrected chi connectivity index (χ4v) is 2.41. The van der Waals surface area contributed by atoms with E-state index in [0.29, 0.717) is 25.3 Å². The molecule has 1 amide bonds. The lowest BCUT2D eigenvalue weighted by Crippen LogP contribution is -2.30. The average Bonchev–Trinajstić information content (AvgIpc) is 2.57. The highest BCUT2D eigenvalue weighted by Gasteiger charge is 2.15. The van der Waals surface area contributed by atoms with E-state index in [1.165, 1.54) is 11.0 Å². The number of para-hydroxylation sites is 1. The summed E-state index contributed by atoms with van der Waals surface area (Å²) < 4.78 is 32.0. The molecule has 0 N–H and O–H groups in total. The predicted molar refractivity (Wildman–Crippen MR) is 90.3 cm³/mol. The minimum Gasteiger partial charge on any atom is -0.493 e. The molecule has 0 aliphatic rings. The summed E-state index contributed by atoms with van der Waals surface area (Å²) in [4.78, 5) is 13.7. The number of amides is 1. The Morgan fingerprint density at radius 3 is 2.54 bits per heavy atom. The third kappa shape index (κ3) is 4.54. The van der Waals surface area contributed by atoms with Crippen LogP contribution in [-0.2, 0) is 4.79 Å². The van der Waals surface area contributed by atoms with Gasteiger partial charge in [0.2, 0.25) is 5.91 Å². The lowest BCUT2D eigenvalue weighted by Gasteiger charge is -2.21. The highest BCUT2D eigenvalue weighted by Crippen LogP contribution is 2.20. The molecule has 0 aliphatic heterocycles. The number of hydrogen-bond acceptors (Lipinski definition) is 2. The van der Waals surface area contributed by atoms with E-state index >= 15 is 0 Å². The Bertz CT molecular complexity index is 704. The quantitative estimate of drug-likeness (QED) is 0.699. The standard InChI is InChI=1S/C19H21F2NO2/c1-3-22(15-10-11-16(20)17(21)13-15)19(23)9-6-12-24-18-8-5-4-7-14(18)2/h4-5,7-8,10-11,13H,3,6,9,12H2,1-2H3. The number of hydrogen-bond donors (Lipinski definition) is 0. The molecule has 0 aromatic heterocycles. The van der Waals surface area contributed by atoms with Crippen LogP contribution in [0.25, 0.3) is 0 Å². The van der Waals surface area contributed by atoms with E-state index in [1.807, 2.05) is 31.2 Å². The molecule has 0 atom stereocenters. The van der Waals surface area contributed by atoms with E-state index < -0.39 is 11.6 Å². The van der Waals surface area contributed by atoms with Crippen molar-refractivity contribution in [3.05, 3.63) is 59.7 Å². The van der Waals surface area contributed by atoms with Gasteiger partial charge in [-0.3, -0.25) is 4.79 Å². The van der Waals surface area contributed by atoms with Crippen LogP contribution in [0.4, 0.5) is 14.5 Å². The summed E-state index contributed by atoms with van der Waals surface area (Å²) in [6, 6.07) is 11.2. The Morgan fingerprint density at radius 1 is 1.12 bits per heavy atom. The minimum atomic E-state index is -0.957. The van der Waals surface area contributed by atoms with E-state index in [9.17, 15) is 13.6 Å². The summed E-state index contributed by atoms with van der Waals surface area (Å²) in [5.74, 6) is -1.22. The maximum atomic E-state index is 13.3. The molecule has 5 heteroatoms. The number of rotatable bonds is 7. The molecule has 128 valence electrons. The Morgan fingerprint density at radius 2 is 1.88 bits per heavy atom. The molecular weight excluding hydrogens is 312 g/mol. The van der Waals surface area contributed by atoms with Crippen LogP contribution in [0.3, 0.4) is 0 Å². The van der Waals surface area contributed by atoms with Crippen LogP contribution in [0.1, 0.15) is 25.3 Å². The first kappa shape index (κ1) is 17.9. The van der Waals surface area contributed by atoms with Gasteiger partial charge in [-0.1, -0.05) is 18.2 Å². The van der Waals surface area contributed by atoms with Crippen LogP contribution in [-0.4, -0.2) is 19.1 Å². The summed E-state index contributed by atoms with van der Waals surface area (Å²) in [5.41, 5.74) is 1.40. The Hall–Kier alpha value is -2.43. The first-order valence-corrected chi connectivity index (χ1v) is 7.96. The summed E-state index contributed by atoms with van der Waals surface area (Å²) in [6.07, 6.45) is 0.825. The third-order valence-corrected chi connectivity index (χ3v) is 3.72. The number of anilines is 1. The smallest absolute Gasteiger partial charge is 0.227 e. The second kappa shape index (κ2) is 8.43. The number of halogens is 2. The van der Waals surface area contributed by atoms with Crippen molar-refractivity contribution in [1.82, 2.24) is 0 Å². The molecule has 0 unspecified atom stereocenters. The zero-order chi connectivity index (χ0) is 17.5. The highest BCUT2D eigenvalue weighted by atomic mass is 19.2. The van der Waals surface area contributed by atoms with Crippen molar-refractivity contribution < 1.29 is 18.3 Å². The SMILES string of the molecule is CCN(C(=O)CCCOc1ccccc1C)c1ccc(F)c(F)c1. The summed E-state index contributed by atoms with van der Waals surface area (Å²) in [7, 11) is 0. The monoisotopic (exact) mass is 333 g/mol. The van der Waals surface area contributed by atoms with Gasteiger partial charge in [0, 0.05) is 24.7 Å². The van der Waals surface area contributed by atoms with Gasteiger partial charge in [-0.15, -0.1) is 0 Å². The number of carbonyl (C=O) groups is 1. The van der Waals surface area contributed by atoms with Gasteiger partial charge in [0.1, 0.15) is 5.75 Å². The fourth-order valence-electron chi connectivity index (χ4n) is 2.41. The summed E-state index contributed by atoms with van der Waals surface area (Å²) in [6.45, 7) is 4.57. The predicted octanol–water partition coefficient (Wildman–Crippen LogP) is 4.49. The Labute approximate surface area is 140 Å². The van der Waals surface area contributed by atoms with Gasteiger partial charge in [-0.25, -0.2) is 8.78 Å². The van der Waals surface area contributed by atoms with Gasteiger partial charge >= 0.3 is 0 Å². The van der Waals surface area contributed by atoms with E-state index in [4.69, 9.17) is 4.74 Å². The van der Waals surface area contributed by atoms with Crippen molar-refractivity contribution in [2.75, 3.05) is 18.1 Å². The minimum absolute atomic E-state index is 0.142. The van der Waals surface area contributed by atoms with Crippen LogP contribution in [0, 0.1) is 18.6 Å². The van der Waals surface area contributed by atoms with Gasteiger partial charge in [0.15, 0.2) is 11.6 Å².